The zero-order valence-corrected chi connectivity index (χ0v) is 13.3. The van der Waals surface area contributed by atoms with Gasteiger partial charge in [-0.05, 0) is 32.7 Å². The van der Waals surface area contributed by atoms with Crippen LogP contribution in [0, 0.1) is 35.5 Å². The Morgan fingerprint density at radius 2 is 2.24 bits per heavy atom. The molecule has 2 atom stereocenters. The highest BCUT2D eigenvalue weighted by atomic mass is 35.5. The van der Waals surface area contributed by atoms with Crippen molar-refractivity contribution >= 4 is 11.6 Å². The lowest BCUT2D eigenvalue weighted by atomic mass is 10.0. The largest absolute Gasteiger partial charge is 0.295 e. The Morgan fingerprint density at radius 1 is 1.48 bits per heavy atom. The second-order valence-corrected chi connectivity index (χ2v) is 5.95. The summed E-state index contributed by atoms with van der Waals surface area (Å²) in [5.74, 6) is -0.0963. The maximum atomic E-state index is 9.25. The molecule has 5 nitrogen and oxygen atoms in total. The summed E-state index contributed by atoms with van der Waals surface area (Å²) in [7, 11) is 1.85. The number of likely N-dealkylation sites (tertiary alicyclic amines) is 1. The van der Waals surface area contributed by atoms with Crippen LogP contribution in [0.4, 0.5) is 0 Å². The summed E-state index contributed by atoms with van der Waals surface area (Å²) in [5, 5.41) is 23.0. The van der Waals surface area contributed by atoms with E-state index in [0.717, 1.165) is 30.6 Å². The van der Waals surface area contributed by atoms with Gasteiger partial charge in [0.2, 0.25) is 0 Å². The first-order chi connectivity index (χ1) is 10.1. The van der Waals surface area contributed by atoms with Crippen molar-refractivity contribution in [3.05, 3.63) is 16.4 Å². The van der Waals surface area contributed by atoms with Crippen LogP contribution < -0.4 is 0 Å². The molecule has 0 aliphatic carbocycles. The van der Waals surface area contributed by atoms with Gasteiger partial charge in [-0.15, -0.1) is 0 Å². The number of aryl methyl sites for hydroxylation is 2. The van der Waals surface area contributed by atoms with Crippen molar-refractivity contribution in [3.63, 3.8) is 0 Å². The predicted molar refractivity (Wildman–Crippen MR) is 80.5 cm³/mol. The summed E-state index contributed by atoms with van der Waals surface area (Å²) in [6.07, 6.45) is 3.22. The predicted octanol–water partition coefficient (Wildman–Crippen LogP) is 2.96. The fraction of sp³-hybridized carbons (Fsp3) is 0.667. The van der Waals surface area contributed by atoms with Crippen LogP contribution in [0.25, 0.3) is 0 Å². The third kappa shape index (κ3) is 3.37. The molecule has 21 heavy (non-hydrogen) atoms. The minimum atomic E-state index is -0.0963. The lowest BCUT2D eigenvalue weighted by Crippen LogP contribution is -2.29. The molecule has 0 saturated carbocycles. The first-order valence-corrected chi connectivity index (χ1v) is 7.65. The van der Waals surface area contributed by atoms with E-state index in [2.05, 4.69) is 22.1 Å². The van der Waals surface area contributed by atoms with Gasteiger partial charge in [0.25, 0.3) is 0 Å². The SMILES string of the molecule is Cc1nn(C)c(Cl)c1C1CCCN1CC(C#N)CCC#N. The smallest absolute Gasteiger partial charge is 0.131 e. The fourth-order valence-electron chi connectivity index (χ4n) is 3.12. The van der Waals surface area contributed by atoms with Gasteiger partial charge in [-0.1, -0.05) is 11.6 Å². The van der Waals surface area contributed by atoms with Gasteiger partial charge in [-0.3, -0.25) is 9.58 Å². The van der Waals surface area contributed by atoms with Crippen molar-refractivity contribution in [1.82, 2.24) is 14.7 Å². The standard InChI is InChI=1S/C15H20ClN5/c1-11-14(15(16)20(2)19-11)13-6-4-8-21(13)10-12(9-18)5-3-7-17/h12-13H,3-6,8,10H2,1-2H3. The maximum Gasteiger partial charge on any atom is 0.131 e. The van der Waals surface area contributed by atoms with E-state index >= 15 is 0 Å². The molecule has 6 heteroatoms. The van der Waals surface area contributed by atoms with Crippen LogP contribution in [0.1, 0.15) is 43.0 Å². The van der Waals surface area contributed by atoms with Gasteiger partial charge in [0.05, 0.1) is 23.8 Å². The number of halogens is 1. The van der Waals surface area contributed by atoms with Crippen molar-refractivity contribution in [2.75, 3.05) is 13.1 Å². The Labute approximate surface area is 130 Å². The van der Waals surface area contributed by atoms with Gasteiger partial charge in [-0.25, -0.2) is 0 Å². The van der Waals surface area contributed by atoms with E-state index in [1.54, 1.807) is 4.68 Å². The monoisotopic (exact) mass is 305 g/mol. The molecule has 0 spiro atoms. The molecule has 0 amide bonds. The number of hydrogen-bond acceptors (Lipinski definition) is 4. The number of nitriles is 2. The Morgan fingerprint density at radius 3 is 2.81 bits per heavy atom. The second-order valence-electron chi connectivity index (χ2n) is 5.59. The van der Waals surface area contributed by atoms with E-state index in [9.17, 15) is 5.26 Å². The fourth-order valence-corrected chi connectivity index (χ4v) is 3.42. The first-order valence-electron chi connectivity index (χ1n) is 7.28. The minimum absolute atomic E-state index is 0.0963. The molecule has 1 saturated heterocycles. The molecular weight excluding hydrogens is 286 g/mol. The lowest BCUT2D eigenvalue weighted by Gasteiger charge is -2.26. The van der Waals surface area contributed by atoms with E-state index in [1.165, 1.54) is 0 Å². The molecule has 1 aromatic heterocycles. The average molecular weight is 306 g/mol. The molecule has 2 heterocycles. The molecular formula is C15H20ClN5. The highest BCUT2D eigenvalue weighted by molar-refractivity contribution is 6.30. The zero-order chi connectivity index (χ0) is 15.4. The lowest BCUT2D eigenvalue weighted by molar-refractivity contribution is 0.230. The van der Waals surface area contributed by atoms with Gasteiger partial charge in [0.1, 0.15) is 5.15 Å². The molecule has 0 N–H and O–H groups in total. The molecule has 1 aliphatic heterocycles. The highest BCUT2D eigenvalue weighted by Crippen LogP contribution is 2.37. The Kier molecular flexibility index (Phi) is 5.22. The van der Waals surface area contributed by atoms with Gasteiger partial charge >= 0.3 is 0 Å². The van der Waals surface area contributed by atoms with Crippen LogP contribution >= 0.6 is 11.6 Å². The summed E-state index contributed by atoms with van der Waals surface area (Å²) < 4.78 is 1.71. The molecule has 0 bridgehead atoms. The van der Waals surface area contributed by atoms with Gasteiger partial charge in [-0.2, -0.15) is 15.6 Å². The van der Waals surface area contributed by atoms with Crippen LogP contribution in [-0.2, 0) is 7.05 Å². The number of hydrogen-bond donors (Lipinski definition) is 0. The Hall–Kier alpha value is -1.56. The van der Waals surface area contributed by atoms with Crippen molar-refractivity contribution in [2.45, 2.75) is 38.6 Å². The molecule has 2 rings (SSSR count). The minimum Gasteiger partial charge on any atom is -0.295 e. The topological polar surface area (TPSA) is 68.6 Å². The number of aromatic nitrogens is 2. The van der Waals surface area contributed by atoms with Gasteiger partial charge in [0.15, 0.2) is 0 Å². The van der Waals surface area contributed by atoms with E-state index < -0.39 is 0 Å². The van der Waals surface area contributed by atoms with Crippen molar-refractivity contribution in [2.24, 2.45) is 13.0 Å². The van der Waals surface area contributed by atoms with E-state index in [4.69, 9.17) is 16.9 Å². The normalized spacial score (nSPS) is 20.1. The second kappa shape index (κ2) is 6.93. The molecule has 1 aliphatic rings. The molecule has 0 radical (unpaired) electrons. The summed E-state index contributed by atoms with van der Waals surface area (Å²) in [6, 6.07) is 4.68. The maximum absolute atomic E-state index is 9.25. The molecule has 2 unspecified atom stereocenters. The first kappa shape index (κ1) is 15.8. The van der Waals surface area contributed by atoms with Gasteiger partial charge in [0, 0.05) is 31.6 Å². The summed E-state index contributed by atoms with van der Waals surface area (Å²) in [5.41, 5.74) is 2.05. The van der Waals surface area contributed by atoms with Crippen LogP contribution in [0.15, 0.2) is 0 Å². The van der Waals surface area contributed by atoms with Crippen molar-refractivity contribution < 1.29 is 0 Å². The third-order valence-electron chi connectivity index (χ3n) is 4.14. The van der Waals surface area contributed by atoms with Crippen LogP contribution in [-0.4, -0.2) is 27.8 Å². The molecule has 1 aromatic rings. The number of nitrogens with zero attached hydrogens (tertiary/aromatic N) is 5. The summed E-state index contributed by atoms with van der Waals surface area (Å²) >= 11 is 6.38. The van der Waals surface area contributed by atoms with E-state index in [0.29, 0.717) is 24.5 Å². The summed E-state index contributed by atoms with van der Waals surface area (Å²) in [6.45, 7) is 3.66. The molecule has 0 aromatic carbocycles. The van der Waals surface area contributed by atoms with E-state index in [-0.39, 0.29) is 12.0 Å². The van der Waals surface area contributed by atoms with Gasteiger partial charge < -0.3 is 0 Å². The van der Waals surface area contributed by atoms with E-state index in [1.807, 2.05) is 14.0 Å². The Bertz CT molecular complexity index is 580. The Balaban J connectivity index is 2.14. The highest BCUT2D eigenvalue weighted by Gasteiger charge is 2.32. The molecule has 112 valence electrons. The zero-order valence-electron chi connectivity index (χ0n) is 12.5. The van der Waals surface area contributed by atoms with Crippen LogP contribution in [0.2, 0.25) is 5.15 Å². The summed E-state index contributed by atoms with van der Waals surface area (Å²) in [4.78, 5) is 2.32. The molecule has 1 fully saturated rings. The quantitative estimate of drug-likeness (QED) is 0.838. The third-order valence-corrected chi connectivity index (χ3v) is 4.58. The van der Waals surface area contributed by atoms with Crippen LogP contribution in [0.5, 0.6) is 0 Å². The number of rotatable bonds is 5. The average Bonchev–Trinajstić information content (AvgIpc) is 3.00. The van der Waals surface area contributed by atoms with Crippen LogP contribution in [0.3, 0.4) is 0 Å². The van der Waals surface area contributed by atoms with Crippen molar-refractivity contribution in [3.8, 4) is 12.1 Å². The van der Waals surface area contributed by atoms with Crippen molar-refractivity contribution in [1.29, 1.82) is 10.5 Å².